The molecule has 0 spiro atoms. The van der Waals surface area contributed by atoms with Crippen molar-refractivity contribution in [2.75, 3.05) is 45.8 Å². The molecule has 0 aliphatic rings. The van der Waals surface area contributed by atoms with Gasteiger partial charge in [0.1, 0.15) is 53.8 Å². The number of hydrogen-bond donors (Lipinski definition) is 14. The van der Waals surface area contributed by atoms with Crippen LogP contribution in [0.3, 0.4) is 0 Å². The molecule has 2 heterocycles. The van der Waals surface area contributed by atoms with E-state index in [2.05, 4.69) is 71.6 Å². The molecule has 2 aromatic heterocycles. The summed E-state index contributed by atoms with van der Waals surface area (Å²) in [6, 6.07) is 11.3. The van der Waals surface area contributed by atoms with Crippen molar-refractivity contribution in [3.05, 3.63) is 83.4 Å². The molecule has 0 bridgehead atoms. The second-order valence-corrected chi connectivity index (χ2v) is 24.5. The number of anilines is 8. The van der Waals surface area contributed by atoms with Gasteiger partial charge in [0, 0.05) is 47.5 Å². The van der Waals surface area contributed by atoms with Crippen LogP contribution in [0, 0.1) is 0 Å². The molecule has 16 N–H and O–H groups in total. The van der Waals surface area contributed by atoms with Crippen LogP contribution in [-0.4, -0.2) is 123 Å². The lowest BCUT2D eigenvalue weighted by molar-refractivity contribution is 0.471. The van der Waals surface area contributed by atoms with Gasteiger partial charge in [-0.05, 0) is 101 Å². The molecule has 0 atom stereocenters. The molecule has 8 aromatic rings. The van der Waals surface area contributed by atoms with E-state index < -0.39 is 131 Å². The maximum absolute atomic E-state index is 12.6. The number of nitrogens with zero attached hydrogens (tertiary/aromatic N) is 10. The minimum atomic E-state index is -5.18. The standard InChI is InChI=1S/C40H32Cl2N16O18S6/c41-35-49-37(53-39(51-35)47-17-1-3-21(25(11-17)79(65,66)67)55-57-33-29-15(7-19(77-61)13-23(29)59)9-27(31(33)43)81(71,72)73)45-5-6-46-38-50-36(42)52-40(54-38)48-18-2-4-22(26(12-18)80(68,69)70)56-58-34-30-16(10-28(32(34)44)82(74,75)76)8-20(14-24(30)60)78(62,63)64/h1-4,7-14,59-61H,5-6,43-44H2,(H,62,63,64)(H,65,66,67)(H,68,69,70)(H,71,72,73)(H,74,75,76)(H2,45,47,49,51,53)(H2,46,48,50,52,54). The molecule has 0 saturated heterocycles. The molecule has 0 amide bonds. The number of aromatic hydroxyl groups is 2. The van der Waals surface area contributed by atoms with Crippen LogP contribution < -0.4 is 32.7 Å². The third-order valence-electron chi connectivity index (χ3n) is 10.7. The minimum absolute atomic E-state index is 0.00869. The molecular weight excluding hydrogens is 1260 g/mol. The topological polar surface area (TPSA) is 559 Å². The molecule has 0 aliphatic heterocycles. The molecular formula is C40H32Cl2N16O18S6. The summed E-state index contributed by atoms with van der Waals surface area (Å²) in [5, 5.41) is 45.8. The van der Waals surface area contributed by atoms with Crippen molar-refractivity contribution < 1.29 is 79.6 Å². The van der Waals surface area contributed by atoms with Crippen LogP contribution in [0.15, 0.2) is 123 Å². The second kappa shape index (κ2) is 22.7. The fourth-order valence-corrected chi connectivity index (χ4v) is 11.1. The number of phenolic OH excluding ortho intramolecular Hbond substituents is 2. The van der Waals surface area contributed by atoms with Gasteiger partial charge in [0.2, 0.25) is 34.4 Å². The zero-order valence-corrected chi connectivity index (χ0v) is 46.2. The lowest BCUT2D eigenvalue weighted by Gasteiger charge is -2.13. The number of halogens is 2. The van der Waals surface area contributed by atoms with Gasteiger partial charge in [0.05, 0.1) is 27.0 Å². The fourth-order valence-electron chi connectivity index (χ4n) is 7.31. The van der Waals surface area contributed by atoms with Crippen LogP contribution in [0.25, 0.3) is 21.5 Å². The molecule has 42 heteroatoms. The molecule has 0 aliphatic carbocycles. The molecule has 0 unspecified atom stereocenters. The van der Waals surface area contributed by atoms with Crippen molar-refractivity contribution in [3.63, 3.8) is 0 Å². The molecule has 82 heavy (non-hydrogen) atoms. The Kier molecular flexibility index (Phi) is 16.6. The number of nitrogen functional groups attached to an aromatic ring is 2. The average Bonchev–Trinajstić information content (AvgIpc) is 2.78. The highest BCUT2D eigenvalue weighted by atomic mass is 35.5. The van der Waals surface area contributed by atoms with E-state index in [9.17, 15) is 79.6 Å². The van der Waals surface area contributed by atoms with Gasteiger partial charge < -0.3 is 47.5 Å². The monoisotopic (exact) mass is 1290 g/mol. The predicted octanol–water partition coefficient (Wildman–Crippen LogP) is 6.89. The number of nitrogens with one attached hydrogen (secondary N) is 4. The van der Waals surface area contributed by atoms with Crippen LogP contribution in [0.4, 0.5) is 69.3 Å². The Morgan fingerprint density at radius 2 is 0.866 bits per heavy atom. The lowest BCUT2D eigenvalue weighted by atomic mass is 10.1. The first kappa shape index (κ1) is 60.0. The molecule has 0 fully saturated rings. The first-order valence-electron chi connectivity index (χ1n) is 21.5. The summed E-state index contributed by atoms with van der Waals surface area (Å²) in [6.45, 7) is -0.0201. The highest BCUT2D eigenvalue weighted by Crippen LogP contribution is 2.46. The quantitative estimate of drug-likeness (QED) is 0.0129. The Balaban J connectivity index is 0.965. The average molecular weight is 1290 g/mol. The molecule has 8 rings (SSSR count). The van der Waals surface area contributed by atoms with Crippen molar-refractivity contribution in [3.8, 4) is 11.5 Å². The molecule has 34 nitrogen and oxygen atoms in total. The van der Waals surface area contributed by atoms with Gasteiger partial charge in [-0.15, -0.1) is 20.5 Å². The number of rotatable bonds is 19. The Hall–Kier alpha value is -8.10. The van der Waals surface area contributed by atoms with Crippen molar-refractivity contribution in [2.45, 2.75) is 29.4 Å². The molecule has 6 aromatic carbocycles. The predicted molar refractivity (Wildman–Crippen MR) is 292 cm³/mol. The molecule has 0 saturated carbocycles. The van der Waals surface area contributed by atoms with E-state index >= 15 is 0 Å². The van der Waals surface area contributed by atoms with E-state index in [1.165, 1.54) is 18.2 Å². The van der Waals surface area contributed by atoms with Gasteiger partial charge in [0.25, 0.3) is 50.6 Å². The summed E-state index contributed by atoms with van der Waals surface area (Å²) in [4.78, 5) is 19.6. The summed E-state index contributed by atoms with van der Waals surface area (Å²) < 4.78 is 182. The van der Waals surface area contributed by atoms with Crippen molar-refractivity contribution in [1.29, 1.82) is 0 Å². The molecule has 430 valence electrons. The summed E-state index contributed by atoms with van der Waals surface area (Å²) in [5.41, 5.74) is 7.84. The van der Waals surface area contributed by atoms with Crippen LogP contribution in [-0.2, 0) is 50.6 Å². The van der Waals surface area contributed by atoms with Crippen LogP contribution in [0.1, 0.15) is 0 Å². The van der Waals surface area contributed by atoms with Gasteiger partial charge in [-0.25, -0.2) is 0 Å². The third kappa shape index (κ3) is 13.6. The van der Waals surface area contributed by atoms with Crippen molar-refractivity contribution >= 4 is 177 Å². The van der Waals surface area contributed by atoms with Gasteiger partial charge in [-0.3, -0.25) is 22.8 Å². The molecule has 0 radical (unpaired) electrons. The number of azo groups is 2. The Bertz CT molecular complexity index is 4650. The maximum Gasteiger partial charge on any atom is 0.296 e. The first-order chi connectivity index (χ1) is 38.2. The van der Waals surface area contributed by atoms with Crippen molar-refractivity contribution in [1.82, 2.24) is 29.9 Å². The number of phenols is 2. The maximum atomic E-state index is 12.6. The van der Waals surface area contributed by atoms with Gasteiger partial charge in [0.15, 0.2) is 0 Å². The minimum Gasteiger partial charge on any atom is -0.507 e. The smallest absolute Gasteiger partial charge is 0.296 e. The highest BCUT2D eigenvalue weighted by Gasteiger charge is 2.27. The summed E-state index contributed by atoms with van der Waals surface area (Å²) in [7, 11) is -25.4. The summed E-state index contributed by atoms with van der Waals surface area (Å²) in [5.74, 6) is -2.33. The fraction of sp³-hybridized carbons (Fsp3) is 0.0500. The van der Waals surface area contributed by atoms with E-state index in [-0.39, 0.29) is 86.5 Å². The number of fused-ring (bicyclic) bond motifs is 2. The zero-order chi connectivity index (χ0) is 60.0. The van der Waals surface area contributed by atoms with Gasteiger partial charge in [-0.1, -0.05) is 0 Å². The van der Waals surface area contributed by atoms with E-state index in [0.717, 1.165) is 36.4 Å². The number of hydrogen-bond acceptors (Lipinski definition) is 30. The number of aromatic nitrogens is 6. The van der Waals surface area contributed by atoms with Gasteiger partial charge in [-0.2, -0.15) is 72.0 Å². The Morgan fingerprint density at radius 3 is 1.26 bits per heavy atom. The largest absolute Gasteiger partial charge is 0.507 e. The number of nitrogens with two attached hydrogens (primary N) is 2. The zero-order valence-electron chi connectivity index (χ0n) is 39.8. The first-order valence-corrected chi connectivity index (χ1v) is 30.2. The summed E-state index contributed by atoms with van der Waals surface area (Å²) >= 11 is 12.5. The SMILES string of the molecule is Nc1c(S(=O)(=O)O)cc2cc(SO)cc(O)c2c1N=Nc1ccc(Nc2nc(Cl)nc(NCCNc3nc(Cl)nc(Nc4ccc(N=Nc5c(N)c(S(=O)(=O)O)cc6cc(S(=O)(=O)O)cc(O)c56)c(S(=O)(=O)O)c4)n3)n2)cc1S(=O)(=O)O. The van der Waals surface area contributed by atoms with Crippen molar-refractivity contribution in [2.24, 2.45) is 20.5 Å². The summed E-state index contributed by atoms with van der Waals surface area (Å²) in [6.07, 6.45) is 0. The van der Waals surface area contributed by atoms with Crippen LogP contribution in [0.5, 0.6) is 11.5 Å². The van der Waals surface area contributed by atoms with E-state index in [1.54, 1.807) is 0 Å². The lowest BCUT2D eigenvalue weighted by Crippen LogP contribution is -2.17. The van der Waals surface area contributed by atoms with Crippen LogP contribution >= 0.6 is 35.2 Å². The normalized spacial score (nSPS) is 12.6. The Labute approximate surface area is 473 Å². The van der Waals surface area contributed by atoms with E-state index in [4.69, 9.17) is 34.7 Å². The Morgan fingerprint density at radius 1 is 0.476 bits per heavy atom. The highest BCUT2D eigenvalue weighted by molar-refractivity contribution is 7.93. The van der Waals surface area contributed by atoms with Gasteiger partial charge >= 0.3 is 0 Å². The number of benzene rings is 6. The third-order valence-corrected chi connectivity index (χ3v) is 15.9. The van der Waals surface area contributed by atoms with E-state index in [0.29, 0.717) is 18.2 Å². The van der Waals surface area contributed by atoms with Crippen LogP contribution in [0.2, 0.25) is 10.6 Å². The second-order valence-electron chi connectivity index (χ2n) is 16.2. The van der Waals surface area contributed by atoms with E-state index in [1.807, 2.05) is 0 Å².